The second kappa shape index (κ2) is 5.43. The predicted octanol–water partition coefficient (Wildman–Crippen LogP) is 3.03. The molecule has 0 amide bonds. The number of rotatable bonds is 4. The average Bonchev–Trinajstić information content (AvgIpc) is 2.59. The van der Waals surface area contributed by atoms with Crippen molar-refractivity contribution in [3.63, 3.8) is 0 Å². The normalized spacial score (nSPS) is 8.94. The lowest BCUT2D eigenvalue weighted by molar-refractivity contribution is -0.382. The Labute approximate surface area is 108 Å². The minimum absolute atomic E-state index is 0.324. The van der Waals surface area contributed by atoms with E-state index in [0.717, 1.165) is 0 Å². The number of nitrogens with zero attached hydrogens (tertiary/aromatic N) is 4. The van der Waals surface area contributed by atoms with E-state index in [0.29, 0.717) is 11.3 Å². The van der Waals surface area contributed by atoms with Crippen LogP contribution in [0.15, 0.2) is 9.98 Å². The zero-order valence-corrected chi connectivity index (χ0v) is 10.1. The lowest BCUT2D eigenvalue weighted by atomic mass is 10.4. The van der Waals surface area contributed by atoms with Gasteiger partial charge in [0.2, 0.25) is 0 Å². The Morgan fingerprint density at radius 2 is 1.35 bits per heavy atom. The molecule has 86 valence electrons. The number of thiophene rings is 1. The average molecular weight is 288 g/mol. The van der Waals surface area contributed by atoms with E-state index in [9.17, 15) is 20.2 Å². The Bertz CT molecular complexity index is 546. The van der Waals surface area contributed by atoms with Gasteiger partial charge in [-0.1, -0.05) is 0 Å². The molecule has 0 aliphatic heterocycles. The summed E-state index contributed by atoms with van der Waals surface area (Å²) in [7, 11) is 0. The van der Waals surface area contributed by atoms with E-state index in [1.807, 2.05) is 10.3 Å². The molecule has 0 unspecified atom stereocenters. The maximum absolute atomic E-state index is 10.7. The summed E-state index contributed by atoms with van der Waals surface area (Å²) >= 11 is 8.94. The molecule has 1 aromatic heterocycles. The van der Waals surface area contributed by atoms with Crippen molar-refractivity contribution in [1.82, 2.24) is 0 Å². The molecular formula is C6N4O4S3. The second-order valence-corrected chi connectivity index (χ2v) is 3.67. The van der Waals surface area contributed by atoms with Gasteiger partial charge in [-0.3, -0.25) is 20.2 Å². The largest absolute Gasteiger partial charge is 0.359 e. The highest BCUT2D eigenvalue weighted by Gasteiger charge is 2.32. The van der Waals surface area contributed by atoms with Crippen LogP contribution >= 0.6 is 35.8 Å². The third-order valence-electron chi connectivity index (χ3n) is 1.47. The van der Waals surface area contributed by atoms with Crippen molar-refractivity contribution in [2.45, 2.75) is 0 Å². The van der Waals surface area contributed by atoms with Crippen molar-refractivity contribution in [3.8, 4) is 0 Å². The quantitative estimate of drug-likeness (QED) is 0.364. The van der Waals surface area contributed by atoms with Gasteiger partial charge in [0.05, 0.1) is 20.2 Å². The molecule has 1 heterocycles. The second-order valence-electron chi connectivity index (χ2n) is 2.33. The van der Waals surface area contributed by atoms with Crippen molar-refractivity contribution in [2.24, 2.45) is 9.98 Å². The van der Waals surface area contributed by atoms with Gasteiger partial charge >= 0.3 is 10.0 Å². The maximum Gasteiger partial charge on any atom is 0.359 e. The molecule has 0 atom stereocenters. The standard InChI is InChI=1S/C6N4O4S3/c11-9(12)5-3(7-1-15)4(8-2-16)6(17-5)10(13)14. The molecule has 0 radical (unpaired) electrons. The fourth-order valence-corrected chi connectivity index (χ4v) is 1.92. The van der Waals surface area contributed by atoms with Gasteiger partial charge in [-0.15, -0.1) is 0 Å². The maximum atomic E-state index is 10.7. The summed E-state index contributed by atoms with van der Waals surface area (Å²) in [5.41, 5.74) is -0.668. The number of hydrogen-bond acceptors (Lipinski definition) is 9. The summed E-state index contributed by atoms with van der Waals surface area (Å²) in [4.78, 5) is 26.5. The van der Waals surface area contributed by atoms with Crippen LogP contribution in [0, 0.1) is 20.2 Å². The lowest BCUT2D eigenvalue weighted by Gasteiger charge is -1.87. The minimum atomic E-state index is -0.814. The Morgan fingerprint density at radius 3 is 1.59 bits per heavy atom. The van der Waals surface area contributed by atoms with Gasteiger partial charge in [0.25, 0.3) is 0 Å². The summed E-state index contributed by atoms with van der Waals surface area (Å²) in [5, 5.41) is 24.1. The van der Waals surface area contributed by atoms with Gasteiger partial charge in [-0.05, 0) is 24.4 Å². The van der Waals surface area contributed by atoms with E-state index >= 15 is 0 Å². The van der Waals surface area contributed by atoms with Crippen molar-refractivity contribution in [3.05, 3.63) is 20.2 Å². The first-order valence-electron chi connectivity index (χ1n) is 3.64. The van der Waals surface area contributed by atoms with E-state index in [2.05, 4.69) is 34.4 Å². The van der Waals surface area contributed by atoms with Gasteiger partial charge in [0.15, 0.2) is 11.4 Å². The molecule has 1 rings (SSSR count). The lowest BCUT2D eigenvalue weighted by Crippen LogP contribution is -1.82. The summed E-state index contributed by atoms with van der Waals surface area (Å²) < 4.78 is 0. The molecule has 1 aromatic rings. The van der Waals surface area contributed by atoms with Gasteiger partial charge in [-0.2, -0.15) is 9.98 Å². The SMILES string of the molecule is O=[N+]([O-])c1sc([N+](=O)[O-])c(N=C=S)c1N=C=S. The van der Waals surface area contributed by atoms with Crippen LogP contribution in [0.1, 0.15) is 0 Å². The van der Waals surface area contributed by atoms with Crippen molar-refractivity contribution in [1.29, 1.82) is 0 Å². The molecule has 0 fully saturated rings. The first kappa shape index (κ1) is 13.2. The van der Waals surface area contributed by atoms with E-state index in [1.54, 1.807) is 0 Å². The molecular weight excluding hydrogens is 288 g/mol. The van der Waals surface area contributed by atoms with Crippen LogP contribution < -0.4 is 0 Å². The summed E-state index contributed by atoms with van der Waals surface area (Å²) in [6, 6.07) is 0. The Hall–Kier alpha value is -1.90. The highest BCUT2D eigenvalue weighted by atomic mass is 32.1. The zero-order valence-electron chi connectivity index (χ0n) is 7.65. The highest BCUT2D eigenvalue weighted by Crippen LogP contribution is 2.51. The minimum Gasteiger partial charge on any atom is -0.257 e. The van der Waals surface area contributed by atoms with Crippen LogP contribution in [0.3, 0.4) is 0 Å². The molecule has 0 saturated carbocycles. The van der Waals surface area contributed by atoms with Crippen molar-refractivity contribution >= 4 is 67.5 Å². The van der Waals surface area contributed by atoms with Crippen LogP contribution in [0.5, 0.6) is 0 Å². The Morgan fingerprint density at radius 1 is 1.00 bits per heavy atom. The van der Waals surface area contributed by atoms with Crippen LogP contribution in [-0.4, -0.2) is 20.2 Å². The highest BCUT2D eigenvalue weighted by molar-refractivity contribution is 7.78. The molecule has 8 nitrogen and oxygen atoms in total. The fraction of sp³-hybridized carbons (Fsp3) is 0. The molecule has 0 aliphatic rings. The smallest absolute Gasteiger partial charge is 0.257 e. The van der Waals surface area contributed by atoms with E-state index < -0.39 is 19.8 Å². The molecule has 17 heavy (non-hydrogen) atoms. The summed E-state index contributed by atoms with van der Waals surface area (Å²) in [6.07, 6.45) is 0. The number of thiocarbonyl (C=S) groups is 2. The molecule has 0 N–H and O–H groups in total. The van der Waals surface area contributed by atoms with Crippen LogP contribution in [-0.2, 0) is 0 Å². The molecule has 0 aliphatic carbocycles. The van der Waals surface area contributed by atoms with Gasteiger partial charge in [0.1, 0.15) is 0 Å². The van der Waals surface area contributed by atoms with E-state index in [-0.39, 0.29) is 11.4 Å². The van der Waals surface area contributed by atoms with Gasteiger partial charge in [0, 0.05) is 11.3 Å². The van der Waals surface area contributed by atoms with Gasteiger partial charge in [-0.25, -0.2) is 0 Å². The Balaban J connectivity index is 3.71. The monoisotopic (exact) mass is 288 g/mol. The molecule has 11 heteroatoms. The predicted molar refractivity (Wildman–Crippen MR) is 67.0 cm³/mol. The van der Waals surface area contributed by atoms with Gasteiger partial charge < -0.3 is 0 Å². The zero-order chi connectivity index (χ0) is 13.0. The van der Waals surface area contributed by atoms with Crippen LogP contribution in [0.25, 0.3) is 0 Å². The number of nitro groups is 2. The first-order chi connectivity index (χ1) is 8.02. The van der Waals surface area contributed by atoms with Crippen molar-refractivity contribution in [2.75, 3.05) is 0 Å². The van der Waals surface area contributed by atoms with Crippen molar-refractivity contribution < 1.29 is 9.85 Å². The van der Waals surface area contributed by atoms with E-state index in [4.69, 9.17) is 0 Å². The van der Waals surface area contributed by atoms with E-state index in [1.165, 1.54) is 0 Å². The molecule has 0 aromatic carbocycles. The van der Waals surface area contributed by atoms with Crippen LogP contribution in [0.4, 0.5) is 21.4 Å². The third-order valence-corrected chi connectivity index (χ3v) is 2.72. The van der Waals surface area contributed by atoms with Crippen LogP contribution in [0.2, 0.25) is 0 Å². The fourth-order valence-electron chi connectivity index (χ4n) is 0.931. The number of hydrogen-bond donors (Lipinski definition) is 0. The third kappa shape index (κ3) is 2.61. The molecule has 0 bridgehead atoms. The first-order valence-corrected chi connectivity index (χ1v) is 5.27. The number of aliphatic imine (C=N–C) groups is 2. The molecule has 0 saturated heterocycles. The Kier molecular flexibility index (Phi) is 4.21. The summed E-state index contributed by atoms with van der Waals surface area (Å²) in [5.74, 6) is 0. The number of isothiocyanates is 2. The summed E-state index contributed by atoms with van der Waals surface area (Å²) in [6.45, 7) is 0. The molecule has 0 spiro atoms. The topological polar surface area (TPSA) is 111 Å².